The van der Waals surface area contributed by atoms with Crippen LogP contribution in [0.25, 0.3) is 0 Å². The van der Waals surface area contributed by atoms with Gasteiger partial charge in [-0.3, -0.25) is 9.59 Å². The SMILES string of the molecule is C#CC1(O)CCC(CCC)CC1.C#CC1=CCC(CCC)CC1.C#CC1=CCC(CCC=O)CC1.C#CC1=CCC(CCO)CC1.C#CC1=CCC(Cc2c[nH]c(=S)[nH]2)CC1.C#CC1=CCC(Cc2cnc[nH]2)CC1.CCCC1CCC(=O)CC1.CCN(CC)CC.O.O=C1CCC(CCO)CC1.[C-]#C.[Li+]. The Morgan fingerprint density at radius 1 is 0.509 bits per heavy atom. The van der Waals surface area contributed by atoms with Crippen LogP contribution in [0.15, 0.2) is 77.0 Å². The van der Waals surface area contributed by atoms with E-state index in [0.717, 1.165) is 226 Å². The third-order valence-corrected chi connectivity index (χ3v) is 21.7. The van der Waals surface area contributed by atoms with E-state index in [-0.39, 0.29) is 30.9 Å². The first kappa shape index (κ1) is 102. The Morgan fingerprint density at radius 2 is 0.840 bits per heavy atom. The van der Waals surface area contributed by atoms with Crippen molar-refractivity contribution in [2.45, 2.75) is 298 Å². The fraction of sp³-hybridized carbons (Fsp3) is 0.641. The van der Waals surface area contributed by atoms with Gasteiger partial charge >= 0.3 is 18.9 Å². The van der Waals surface area contributed by atoms with E-state index in [9.17, 15) is 19.5 Å². The second-order valence-electron chi connectivity index (χ2n) is 29.2. The quantitative estimate of drug-likeness (QED) is 0.0245. The van der Waals surface area contributed by atoms with Crippen LogP contribution < -0.4 is 18.9 Å². The Labute approximate surface area is 662 Å². The van der Waals surface area contributed by atoms with Crippen molar-refractivity contribution in [1.29, 1.82) is 0 Å². The number of aromatic amines is 3. The van der Waals surface area contributed by atoms with Crippen LogP contribution in [0, 0.1) is 139 Å². The number of aldehydes is 1. The van der Waals surface area contributed by atoms with Gasteiger partial charge in [-0.1, -0.05) is 146 Å². The molecule has 8 N–H and O–H groups in total. The smallest absolute Gasteiger partial charge is 0.697 e. The van der Waals surface area contributed by atoms with Gasteiger partial charge in [-0.15, -0.1) is 38.5 Å². The number of carbonyl (C=O) groups is 3. The zero-order valence-electron chi connectivity index (χ0n) is 66.8. The molecule has 12 nitrogen and oxygen atoms in total. The van der Waals surface area contributed by atoms with Crippen molar-refractivity contribution in [2.24, 2.45) is 47.3 Å². The van der Waals surface area contributed by atoms with Crippen LogP contribution in [0.1, 0.15) is 291 Å². The number of H-pyrrole nitrogens is 3. The van der Waals surface area contributed by atoms with E-state index in [1.54, 1.807) is 6.33 Å². The van der Waals surface area contributed by atoms with Crippen LogP contribution >= 0.6 is 12.2 Å². The molecule has 580 valence electrons. The largest absolute Gasteiger partial charge is 1.00 e. The molecule has 5 atom stereocenters. The number of imidazole rings is 2. The first-order valence-electron chi connectivity index (χ1n) is 39.9. The van der Waals surface area contributed by atoms with Crippen molar-refractivity contribution in [1.82, 2.24) is 24.8 Å². The molecule has 2 heterocycles. The molecule has 2 aromatic heterocycles. The normalized spacial score (nSPS) is 22.1. The second-order valence-corrected chi connectivity index (χ2v) is 29.6. The minimum absolute atomic E-state index is 0. The Hall–Kier alpha value is -6.33. The number of aromatic nitrogens is 4. The number of carbonyl (C=O) groups excluding carboxylic acids is 3. The second kappa shape index (κ2) is 65.7. The Balaban J connectivity index is 0. The molecule has 2 aromatic rings. The van der Waals surface area contributed by atoms with Gasteiger partial charge < -0.3 is 58.3 Å². The maximum absolute atomic E-state index is 10.8. The Bertz CT molecular complexity index is 3060. The predicted molar refractivity (Wildman–Crippen MR) is 442 cm³/mol. The summed E-state index contributed by atoms with van der Waals surface area (Å²) in [5.41, 5.74) is 7.48. The molecule has 0 saturated heterocycles. The zero-order chi connectivity index (χ0) is 77.0. The number of Topliss-reactive ketones (excluding diaryl/α,β-unsaturated/α-hetero) is 2. The minimum Gasteiger partial charge on any atom is -0.697 e. The standard InChI is InChI=1S/C12H14N2S.C12H14N2.C11H18O.C11H14O.C11H16.C10H14O.C9H16O.C8H14O2.C6H15N.C2H.Li.H2O/c1-2-9-3-5-10(6-4-9)7-11-8-13-12(15)14-11;1-2-10-3-5-11(6-4-10)7-12-8-13-9-14-12;1-3-5-10-6-8-11(12,4-2)9-7-10;1-2-10-5-7-11(8-6-10)4-3-9-12;1-3-5-11-8-6-10(4-2)7-9-11;1-2-9-3-5-10(6-4-9)7-8-11;1-2-3-8-4-6-9(10)7-5-8;9-6-5-7-1-3-8(10)4-2-7;1-4-7(5-2)6-3;1-2;;/h1,3,8,10H,4-7H2,(H2,13,14,15);1,3,8-9,11H,4-7H2,(H,13,14);2,10,12H,3,5-9H2,1H3;1,5,9,11H,3-4,6-8H2;2,6,11H,3,5,7-9H2,1H3;1,3,10-11H,4-8H2;8H,2-7H2,1H3;7,9H,1-6H2;4-6H2,1-3H3;1H;;1H2/q;;;;;;;;;-1;+1;. The predicted octanol–water partition coefficient (Wildman–Crippen LogP) is 16.2. The van der Waals surface area contributed by atoms with Crippen LogP contribution in [0.2, 0.25) is 0 Å². The number of aliphatic hydroxyl groups excluding tert-OH is 2. The molecule has 0 aromatic carbocycles. The van der Waals surface area contributed by atoms with E-state index in [1.807, 2.05) is 12.4 Å². The molecule has 3 fully saturated rings. The third kappa shape index (κ3) is 48.2. The number of nitrogens with zero attached hydrogens (tertiary/aromatic N) is 2. The van der Waals surface area contributed by atoms with Gasteiger partial charge in [-0.2, -0.15) is 0 Å². The first-order chi connectivity index (χ1) is 50.4. The average molecular weight is 1470 g/mol. The van der Waals surface area contributed by atoms with Gasteiger partial charge in [0, 0.05) is 69.1 Å². The van der Waals surface area contributed by atoms with Crippen LogP contribution in [0.5, 0.6) is 0 Å². The Morgan fingerprint density at radius 3 is 1.13 bits per heavy atom. The van der Waals surface area contributed by atoms with E-state index in [2.05, 4.69) is 139 Å². The molecule has 0 radical (unpaired) electrons. The number of rotatable bonds is 20. The summed E-state index contributed by atoms with van der Waals surface area (Å²) < 4.78 is 0.709. The summed E-state index contributed by atoms with van der Waals surface area (Å²) in [4.78, 5) is 47.3. The summed E-state index contributed by atoms with van der Waals surface area (Å²) in [6, 6.07) is 0. The number of aliphatic hydroxyl groups is 3. The third-order valence-electron chi connectivity index (χ3n) is 21.5. The van der Waals surface area contributed by atoms with Crippen LogP contribution in [-0.2, 0) is 27.2 Å². The molecule has 8 aliphatic rings. The van der Waals surface area contributed by atoms with Crippen molar-refractivity contribution >= 4 is 30.1 Å². The van der Waals surface area contributed by atoms with Gasteiger partial charge in [0.25, 0.3) is 0 Å². The van der Waals surface area contributed by atoms with Crippen LogP contribution in [-0.4, -0.2) is 102 Å². The molecule has 3 saturated carbocycles. The minimum atomic E-state index is -0.774. The summed E-state index contributed by atoms with van der Waals surface area (Å²) in [5.74, 6) is 22.9. The summed E-state index contributed by atoms with van der Waals surface area (Å²) in [7, 11) is 0. The molecule has 14 heteroatoms. The fourth-order valence-electron chi connectivity index (χ4n) is 14.5. The van der Waals surface area contributed by atoms with Crippen molar-refractivity contribution < 1.29 is 54.0 Å². The van der Waals surface area contributed by atoms with Crippen molar-refractivity contribution in [3.8, 4) is 80.5 Å². The first-order valence-corrected chi connectivity index (χ1v) is 40.3. The van der Waals surface area contributed by atoms with Gasteiger partial charge in [-0.25, -0.2) is 4.98 Å². The summed E-state index contributed by atoms with van der Waals surface area (Å²) in [6.45, 7) is 17.4. The fourth-order valence-corrected chi connectivity index (χ4v) is 14.7. The number of hydrogen-bond acceptors (Lipinski definition) is 9. The van der Waals surface area contributed by atoms with Gasteiger partial charge in [-0.05, 0) is 287 Å². The van der Waals surface area contributed by atoms with E-state index >= 15 is 0 Å². The van der Waals surface area contributed by atoms with Crippen molar-refractivity contribution in [2.75, 3.05) is 32.8 Å². The number of ketones is 2. The maximum atomic E-state index is 10.8. The molecular weight excluding hydrogens is 1330 g/mol. The maximum Gasteiger partial charge on any atom is 1.00 e. The molecule has 10 rings (SSSR count). The summed E-state index contributed by atoms with van der Waals surface area (Å²) >= 11 is 4.99. The number of hydrogen-bond donors (Lipinski definition) is 6. The summed E-state index contributed by atoms with van der Waals surface area (Å²) in [5, 5.41) is 27.0. The molecule has 0 aliphatic heterocycles. The van der Waals surface area contributed by atoms with Crippen molar-refractivity contribution in [3.05, 3.63) is 99.5 Å². The molecule has 0 bridgehead atoms. The molecular formula is C92H138LiN5O7S. The van der Waals surface area contributed by atoms with Gasteiger partial charge in [0.2, 0.25) is 0 Å². The molecule has 106 heavy (non-hydrogen) atoms. The van der Waals surface area contributed by atoms with Crippen LogP contribution in [0.3, 0.4) is 0 Å². The van der Waals surface area contributed by atoms with Crippen LogP contribution in [0.4, 0.5) is 0 Å². The number of allylic oxidation sites excluding steroid dienone is 10. The number of nitrogens with one attached hydrogen (secondary N) is 3. The molecule has 0 spiro atoms. The average Bonchev–Trinajstić information content (AvgIpc) is 0.995. The van der Waals surface area contributed by atoms with Gasteiger partial charge in [0.05, 0.1) is 6.33 Å². The van der Waals surface area contributed by atoms with E-state index in [1.165, 1.54) is 106 Å². The number of terminal acetylenes is 7. The monoisotopic (exact) mass is 1460 g/mol. The summed E-state index contributed by atoms with van der Waals surface area (Å²) in [6.07, 6.45) is 100.0. The topological polar surface area (TPSA) is 207 Å². The van der Waals surface area contributed by atoms with Crippen molar-refractivity contribution in [3.63, 3.8) is 0 Å². The Kier molecular flexibility index (Phi) is 63.1. The van der Waals surface area contributed by atoms with Gasteiger partial charge in [0.15, 0.2) is 4.77 Å². The molecule has 8 aliphatic carbocycles. The molecule has 5 unspecified atom stereocenters. The zero-order valence-corrected chi connectivity index (χ0v) is 67.7. The molecule has 0 amide bonds. The van der Waals surface area contributed by atoms with E-state index < -0.39 is 5.60 Å². The van der Waals surface area contributed by atoms with Gasteiger partial charge in [0.1, 0.15) is 23.5 Å². The van der Waals surface area contributed by atoms with E-state index in [4.69, 9.17) is 67.4 Å². The van der Waals surface area contributed by atoms with E-state index in [0.29, 0.717) is 53.0 Å².